The largest absolute Gasteiger partial charge is 0.489 e. The topological polar surface area (TPSA) is 49.8 Å². The first-order valence-corrected chi connectivity index (χ1v) is 20.7. The quantitative estimate of drug-likeness (QED) is 0.130. The molecule has 1 unspecified atom stereocenters. The smallest absolute Gasteiger partial charge is 0.453 e. The minimum Gasteiger partial charge on any atom is -0.489 e. The molecule has 0 aliphatic heterocycles. The fraction of sp³-hybridized carbons (Fsp3) is 0.707. The molecule has 0 spiro atoms. The summed E-state index contributed by atoms with van der Waals surface area (Å²) in [6, 6.07) is 17.1. The number of unbranched alkanes of at least 4 members (excludes halogenated alkanes) is 2. The summed E-state index contributed by atoms with van der Waals surface area (Å²) in [5.41, 5.74) is 3.78. The van der Waals surface area contributed by atoms with Gasteiger partial charge in [0, 0.05) is 34.1 Å². The Labute approximate surface area is 303 Å². The lowest BCUT2D eigenvalue weighted by atomic mass is 9.45. The molecular formula is C41H56F5NO3S. The summed E-state index contributed by atoms with van der Waals surface area (Å²) >= 11 is 0. The Morgan fingerprint density at radius 2 is 1.61 bits per heavy atom. The van der Waals surface area contributed by atoms with E-state index in [2.05, 4.69) is 42.2 Å². The van der Waals surface area contributed by atoms with E-state index < -0.39 is 41.3 Å². The van der Waals surface area contributed by atoms with Gasteiger partial charge in [-0.2, -0.15) is 22.0 Å². The highest BCUT2D eigenvalue weighted by molar-refractivity contribution is 7.84. The van der Waals surface area contributed by atoms with Gasteiger partial charge in [-0.05, 0) is 143 Å². The Kier molecular flexibility index (Phi) is 11.7. The molecule has 5 atom stereocenters. The van der Waals surface area contributed by atoms with Crippen LogP contribution in [0.5, 0.6) is 5.75 Å². The Morgan fingerprint density at radius 3 is 2.33 bits per heavy atom. The molecule has 0 aromatic heterocycles. The van der Waals surface area contributed by atoms with Crippen LogP contribution in [0.3, 0.4) is 0 Å². The van der Waals surface area contributed by atoms with Gasteiger partial charge in [-0.1, -0.05) is 56.2 Å². The van der Waals surface area contributed by atoms with Gasteiger partial charge in [-0.3, -0.25) is 4.21 Å². The van der Waals surface area contributed by atoms with E-state index in [4.69, 9.17) is 4.74 Å². The summed E-state index contributed by atoms with van der Waals surface area (Å²) in [4.78, 5) is 2.20. The van der Waals surface area contributed by atoms with Crippen LogP contribution in [0.4, 0.5) is 22.0 Å². The highest BCUT2D eigenvalue weighted by Gasteiger charge is 2.74. The van der Waals surface area contributed by atoms with Crippen LogP contribution >= 0.6 is 0 Å². The van der Waals surface area contributed by atoms with Crippen molar-refractivity contribution in [2.75, 3.05) is 31.6 Å². The molecule has 2 aromatic rings. The summed E-state index contributed by atoms with van der Waals surface area (Å²) in [7, 11) is 0.623. The molecule has 284 valence electrons. The number of rotatable bonds is 17. The van der Waals surface area contributed by atoms with Gasteiger partial charge in [-0.15, -0.1) is 0 Å². The van der Waals surface area contributed by atoms with Crippen LogP contribution < -0.4 is 4.74 Å². The molecule has 0 radical (unpaired) electrons. The monoisotopic (exact) mass is 737 g/mol. The number of hydrogen-bond donors (Lipinski definition) is 1. The Morgan fingerprint density at radius 1 is 0.902 bits per heavy atom. The molecule has 0 amide bonds. The van der Waals surface area contributed by atoms with E-state index in [0.717, 1.165) is 82.1 Å². The number of ether oxygens (including phenoxy) is 1. The van der Waals surface area contributed by atoms with Crippen molar-refractivity contribution >= 4 is 10.8 Å². The third-order valence-corrected chi connectivity index (χ3v) is 15.2. The van der Waals surface area contributed by atoms with Crippen molar-refractivity contribution in [3.63, 3.8) is 0 Å². The van der Waals surface area contributed by atoms with Crippen molar-refractivity contribution in [3.05, 3.63) is 65.2 Å². The molecule has 6 rings (SSSR count). The number of halogens is 5. The lowest BCUT2D eigenvalue weighted by Crippen LogP contribution is -2.54. The van der Waals surface area contributed by atoms with E-state index in [1.807, 2.05) is 25.2 Å². The van der Waals surface area contributed by atoms with E-state index in [9.17, 15) is 31.3 Å². The van der Waals surface area contributed by atoms with E-state index in [-0.39, 0.29) is 16.6 Å². The van der Waals surface area contributed by atoms with E-state index >= 15 is 0 Å². The molecule has 4 nitrogen and oxygen atoms in total. The molecule has 1 N–H and O–H groups in total. The van der Waals surface area contributed by atoms with Crippen molar-refractivity contribution in [2.45, 2.75) is 127 Å². The van der Waals surface area contributed by atoms with Gasteiger partial charge in [0.1, 0.15) is 12.4 Å². The first kappa shape index (κ1) is 38.7. The van der Waals surface area contributed by atoms with E-state index in [1.165, 1.54) is 17.5 Å². The summed E-state index contributed by atoms with van der Waals surface area (Å²) in [5, 5.41) is 11.8. The van der Waals surface area contributed by atoms with Crippen LogP contribution in [0.15, 0.2) is 48.5 Å². The Balaban J connectivity index is 1.01. The second kappa shape index (κ2) is 15.4. The van der Waals surface area contributed by atoms with Crippen molar-refractivity contribution in [1.82, 2.24) is 4.90 Å². The number of benzene rings is 2. The highest BCUT2D eigenvalue weighted by atomic mass is 32.2. The molecular weight excluding hydrogens is 682 g/mol. The maximum atomic E-state index is 13.1. The van der Waals surface area contributed by atoms with Crippen LogP contribution in [-0.2, 0) is 23.8 Å². The average Bonchev–Trinajstić information content (AvgIpc) is 3.46. The molecule has 51 heavy (non-hydrogen) atoms. The maximum absolute atomic E-state index is 13.1. The van der Waals surface area contributed by atoms with Gasteiger partial charge < -0.3 is 14.7 Å². The van der Waals surface area contributed by atoms with Crippen LogP contribution in [0.25, 0.3) is 0 Å². The Hall–Kier alpha value is -2.04. The van der Waals surface area contributed by atoms with E-state index in [1.54, 1.807) is 0 Å². The number of nitrogens with zero attached hydrogens (tertiary/aromatic N) is 1. The Bertz CT molecular complexity index is 1490. The van der Waals surface area contributed by atoms with Crippen molar-refractivity contribution in [3.8, 4) is 5.75 Å². The van der Waals surface area contributed by atoms with Crippen LogP contribution in [-0.4, -0.2) is 63.6 Å². The molecule has 3 fully saturated rings. The van der Waals surface area contributed by atoms with Crippen molar-refractivity contribution < 1.29 is 36.0 Å². The average molecular weight is 738 g/mol. The third-order valence-electron chi connectivity index (χ3n) is 13.7. The van der Waals surface area contributed by atoms with Crippen LogP contribution in [0.1, 0.15) is 113 Å². The van der Waals surface area contributed by atoms with Gasteiger partial charge in [-0.25, -0.2) is 0 Å². The standard InChI is InChI=1S/C41H56F5NO3S/c1-37-18-16-35-34-15-14-33(50-29-30-11-5-3-6-12-30)28-32(34)27-31(36(35)38(37)19-21-39(37,48)22-20-38)13-7-4-8-23-47(2)24-10-26-51(49)25-9-17-40(42,43)41(44,45)46/h3,5-6,11-12,14-15,28,31,35-36,48H,4,7-10,13,16-27,29H2,1-2H3/t31-,35-,36-,37+,38?,39?,51?/m1/s1. The molecule has 2 aromatic carbocycles. The lowest BCUT2D eigenvalue weighted by Gasteiger charge is -2.59. The fourth-order valence-electron chi connectivity index (χ4n) is 10.9. The second-order valence-electron chi connectivity index (χ2n) is 16.4. The molecule has 10 heteroatoms. The maximum Gasteiger partial charge on any atom is 0.453 e. The first-order chi connectivity index (χ1) is 24.2. The number of hydrogen-bond acceptors (Lipinski definition) is 4. The van der Waals surface area contributed by atoms with Gasteiger partial charge in [0.25, 0.3) is 0 Å². The van der Waals surface area contributed by atoms with Gasteiger partial charge in [0.15, 0.2) is 0 Å². The minimum atomic E-state index is -5.56. The SMILES string of the molecule is CN(CCCCC[C@@H]1Cc2cc(OCc3ccccc3)ccc2[C@H]2CC[C@]3(C)C4(O)CCC3(CC4)[C@H]12)CCCS(=O)CCCC(F)(F)C(F)(F)F. The normalized spacial score (nSPS) is 30.6. The van der Waals surface area contributed by atoms with Crippen molar-refractivity contribution in [1.29, 1.82) is 0 Å². The van der Waals surface area contributed by atoms with Crippen molar-refractivity contribution in [2.24, 2.45) is 22.7 Å². The number of aliphatic hydroxyl groups is 1. The third kappa shape index (κ3) is 7.80. The second-order valence-corrected chi connectivity index (χ2v) is 18.1. The predicted molar refractivity (Wildman–Crippen MR) is 193 cm³/mol. The van der Waals surface area contributed by atoms with Crippen LogP contribution in [0.2, 0.25) is 0 Å². The van der Waals surface area contributed by atoms with Gasteiger partial charge in [0.2, 0.25) is 0 Å². The minimum absolute atomic E-state index is 0.00379. The van der Waals surface area contributed by atoms with Gasteiger partial charge in [0.05, 0.1) is 5.60 Å². The zero-order valence-electron chi connectivity index (χ0n) is 30.3. The van der Waals surface area contributed by atoms with Crippen LogP contribution in [0, 0.1) is 22.7 Å². The number of alkyl halides is 5. The molecule has 0 saturated heterocycles. The summed E-state index contributed by atoms with van der Waals surface area (Å²) in [6.07, 6.45) is 5.24. The predicted octanol–water partition coefficient (Wildman–Crippen LogP) is 9.85. The summed E-state index contributed by atoms with van der Waals surface area (Å²) in [6.45, 7) is 4.58. The highest BCUT2D eigenvalue weighted by Crippen LogP contribution is 2.78. The lowest BCUT2D eigenvalue weighted by molar-refractivity contribution is -0.284. The summed E-state index contributed by atoms with van der Waals surface area (Å²) < 4.78 is 81.8. The first-order valence-electron chi connectivity index (χ1n) is 19.2. The summed E-state index contributed by atoms with van der Waals surface area (Å²) in [5.74, 6) is -1.95. The van der Waals surface area contributed by atoms with Gasteiger partial charge >= 0.3 is 12.1 Å². The fourth-order valence-corrected chi connectivity index (χ4v) is 12.0. The zero-order chi connectivity index (χ0) is 36.5. The molecule has 0 heterocycles. The molecule has 2 bridgehead atoms. The molecule has 3 saturated carbocycles. The molecule has 4 aliphatic rings. The van der Waals surface area contributed by atoms with E-state index in [0.29, 0.717) is 43.1 Å². The number of fused-ring (bicyclic) bond motifs is 3. The zero-order valence-corrected chi connectivity index (χ0v) is 31.1. The molecule has 4 aliphatic carbocycles.